The second kappa shape index (κ2) is 14.5. The van der Waals surface area contributed by atoms with Crippen LogP contribution in [0, 0.1) is 0 Å². The Kier molecular flexibility index (Phi) is 10.5. The smallest absolute Gasteiger partial charge is 0.341 e. The van der Waals surface area contributed by atoms with Gasteiger partial charge in [0, 0.05) is 34.0 Å². The van der Waals surface area contributed by atoms with Crippen LogP contribution in [0.1, 0.15) is 55.8 Å². The predicted octanol–water partition coefficient (Wildman–Crippen LogP) is 7.86. The van der Waals surface area contributed by atoms with Gasteiger partial charge in [0.05, 0.1) is 29.3 Å². The van der Waals surface area contributed by atoms with Gasteiger partial charge in [-0.2, -0.15) is 0 Å². The Morgan fingerprint density at radius 3 is 2.49 bits per heavy atom. The van der Waals surface area contributed by atoms with E-state index in [1.54, 1.807) is 42.2 Å². The third-order valence-corrected chi connectivity index (χ3v) is 10.0. The topological polar surface area (TPSA) is 105 Å². The molecule has 5 rings (SSSR count). The maximum atomic E-state index is 14.0. The molecule has 4 aromatic rings. The van der Waals surface area contributed by atoms with Crippen LogP contribution in [0.5, 0.6) is 0 Å². The quantitative estimate of drug-likeness (QED) is 0.138. The molecule has 0 aliphatic carbocycles. The minimum Gasteiger partial charge on any atom is -0.462 e. The van der Waals surface area contributed by atoms with Crippen molar-refractivity contribution in [1.82, 2.24) is 4.90 Å². The zero-order valence-corrected chi connectivity index (χ0v) is 27.5. The Hall–Kier alpha value is -3.83. The second-order valence-corrected chi connectivity index (χ2v) is 13.3. The van der Waals surface area contributed by atoms with E-state index in [1.165, 1.54) is 36.1 Å². The molecular formula is C33H29Cl2N3O5S2. The van der Waals surface area contributed by atoms with Crippen LogP contribution in [-0.2, 0) is 27.3 Å². The van der Waals surface area contributed by atoms with E-state index in [4.69, 9.17) is 27.9 Å². The van der Waals surface area contributed by atoms with Crippen molar-refractivity contribution >= 4 is 80.7 Å². The van der Waals surface area contributed by atoms with Gasteiger partial charge in [0.15, 0.2) is 0 Å². The number of carbonyl (C=O) groups excluding carboxylic acids is 4. The van der Waals surface area contributed by atoms with Gasteiger partial charge in [-0.05, 0) is 60.9 Å². The molecule has 3 amide bonds. The van der Waals surface area contributed by atoms with E-state index in [2.05, 4.69) is 10.6 Å². The first-order valence-electron chi connectivity index (χ1n) is 14.1. The van der Waals surface area contributed by atoms with Crippen molar-refractivity contribution in [1.29, 1.82) is 0 Å². The molecule has 2 heterocycles. The van der Waals surface area contributed by atoms with Crippen molar-refractivity contribution in [3.8, 4) is 0 Å². The number of thiophene rings is 1. The first-order chi connectivity index (χ1) is 21.6. The molecule has 0 saturated heterocycles. The Balaban J connectivity index is 1.41. The van der Waals surface area contributed by atoms with Gasteiger partial charge in [0.25, 0.3) is 5.91 Å². The highest BCUT2D eigenvalue weighted by atomic mass is 35.5. The van der Waals surface area contributed by atoms with E-state index in [0.29, 0.717) is 40.8 Å². The van der Waals surface area contributed by atoms with Gasteiger partial charge in [-0.1, -0.05) is 59.6 Å². The summed E-state index contributed by atoms with van der Waals surface area (Å²) in [6.45, 7) is 4.29. The number of hydrogen-bond donors (Lipinski definition) is 2. The number of nitrogens with zero attached hydrogens (tertiary/aromatic N) is 1. The lowest BCUT2D eigenvalue weighted by atomic mass is 10.0. The SMILES string of the molecule is CCOC(=O)c1c(NC(=O)C(Sc2cccc(NC(=O)c3ccc(Cl)cc3Cl)c2)c2ccccc2)sc2c1CCN(C(C)=O)C2. The van der Waals surface area contributed by atoms with Crippen molar-refractivity contribution in [2.45, 2.75) is 37.0 Å². The lowest BCUT2D eigenvalue weighted by Crippen LogP contribution is -2.34. The number of nitrogens with one attached hydrogen (secondary N) is 2. The molecule has 12 heteroatoms. The minimum atomic E-state index is -0.703. The van der Waals surface area contributed by atoms with Gasteiger partial charge in [-0.3, -0.25) is 14.4 Å². The van der Waals surface area contributed by atoms with Crippen LogP contribution in [0.25, 0.3) is 0 Å². The molecule has 0 radical (unpaired) electrons. The Morgan fingerprint density at radius 1 is 1.00 bits per heavy atom. The number of benzene rings is 3. The normalized spacial score (nSPS) is 13.0. The van der Waals surface area contributed by atoms with Crippen LogP contribution in [0.15, 0.2) is 77.7 Å². The molecule has 1 aliphatic rings. The maximum absolute atomic E-state index is 14.0. The summed E-state index contributed by atoms with van der Waals surface area (Å²) in [6.07, 6.45) is 0.492. The van der Waals surface area contributed by atoms with Crippen molar-refractivity contribution < 1.29 is 23.9 Å². The number of carbonyl (C=O) groups is 4. The van der Waals surface area contributed by atoms with Crippen molar-refractivity contribution in [3.63, 3.8) is 0 Å². The van der Waals surface area contributed by atoms with Crippen LogP contribution in [0.4, 0.5) is 10.7 Å². The number of thioether (sulfide) groups is 1. The number of hydrogen-bond acceptors (Lipinski definition) is 7. The molecule has 0 saturated carbocycles. The van der Waals surface area contributed by atoms with Gasteiger partial charge in [0.1, 0.15) is 10.3 Å². The average molecular weight is 683 g/mol. The summed E-state index contributed by atoms with van der Waals surface area (Å²) in [6, 6.07) is 21.1. The molecule has 0 fully saturated rings. The van der Waals surface area contributed by atoms with E-state index in [9.17, 15) is 19.2 Å². The number of halogens is 2. The fourth-order valence-corrected chi connectivity index (χ4v) is 7.75. The van der Waals surface area contributed by atoms with Crippen LogP contribution in [0.2, 0.25) is 10.0 Å². The number of rotatable bonds is 9. The van der Waals surface area contributed by atoms with Crippen molar-refractivity contribution in [3.05, 3.63) is 110 Å². The van der Waals surface area contributed by atoms with Crippen LogP contribution in [-0.4, -0.2) is 41.7 Å². The van der Waals surface area contributed by atoms with Gasteiger partial charge in [0.2, 0.25) is 11.8 Å². The monoisotopic (exact) mass is 681 g/mol. The molecule has 1 atom stereocenters. The van der Waals surface area contributed by atoms with E-state index < -0.39 is 17.1 Å². The third-order valence-electron chi connectivity index (χ3n) is 7.08. The maximum Gasteiger partial charge on any atom is 0.341 e. The van der Waals surface area contributed by atoms with E-state index >= 15 is 0 Å². The largest absolute Gasteiger partial charge is 0.462 e. The third kappa shape index (κ3) is 7.70. The zero-order chi connectivity index (χ0) is 32.1. The standard InChI is InChI=1S/C33H29Cl2N3O5S2/c1-3-43-33(42)28-25-14-15-38(19(2)39)18-27(25)45-32(28)37-31(41)29(20-8-5-4-6-9-20)44-23-11-7-10-22(17-23)36-30(40)24-13-12-21(34)16-26(24)35/h4-13,16-17,29H,3,14-15,18H2,1-2H3,(H,36,40)(H,37,41). The molecule has 232 valence electrons. The lowest BCUT2D eigenvalue weighted by Gasteiger charge is -2.25. The fraction of sp³-hybridized carbons (Fsp3) is 0.212. The number of amides is 3. The number of esters is 1. The molecule has 2 N–H and O–H groups in total. The first-order valence-corrected chi connectivity index (χ1v) is 16.6. The zero-order valence-electron chi connectivity index (χ0n) is 24.4. The summed E-state index contributed by atoms with van der Waals surface area (Å²) in [7, 11) is 0. The van der Waals surface area contributed by atoms with E-state index in [1.807, 2.05) is 36.4 Å². The fourth-order valence-electron chi connectivity index (χ4n) is 4.91. The van der Waals surface area contributed by atoms with Crippen molar-refractivity contribution in [2.24, 2.45) is 0 Å². The lowest BCUT2D eigenvalue weighted by molar-refractivity contribution is -0.129. The van der Waals surface area contributed by atoms with E-state index in [-0.39, 0.29) is 29.0 Å². The highest BCUT2D eigenvalue weighted by Crippen LogP contribution is 2.41. The molecule has 1 aliphatic heterocycles. The molecule has 3 aromatic carbocycles. The van der Waals surface area contributed by atoms with Gasteiger partial charge in [-0.25, -0.2) is 4.79 Å². The van der Waals surface area contributed by atoms with Crippen molar-refractivity contribution in [2.75, 3.05) is 23.8 Å². The summed E-state index contributed by atoms with van der Waals surface area (Å²) in [5, 5.41) is 6.22. The van der Waals surface area contributed by atoms with Gasteiger partial charge in [-0.15, -0.1) is 23.1 Å². The highest BCUT2D eigenvalue weighted by Gasteiger charge is 2.32. The number of fused-ring (bicyclic) bond motifs is 1. The first kappa shape index (κ1) is 32.6. The summed E-state index contributed by atoms with van der Waals surface area (Å²) >= 11 is 14.8. The summed E-state index contributed by atoms with van der Waals surface area (Å²) < 4.78 is 5.36. The van der Waals surface area contributed by atoms with Crippen LogP contribution < -0.4 is 10.6 Å². The average Bonchev–Trinajstić information content (AvgIpc) is 3.37. The summed E-state index contributed by atoms with van der Waals surface area (Å²) in [5.74, 6) is -1.28. The molecule has 1 unspecified atom stereocenters. The molecule has 45 heavy (non-hydrogen) atoms. The summed E-state index contributed by atoms with van der Waals surface area (Å²) in [5.41, 5.74) is 2.70. The molecule has 0 spiro atoms. The molecule has 0 bridgehead atoms. The minimum absolute atomic E-state index is 0.0486. The predicted molar refractivity (Wildman–Crippen MR) is 180 cm³/mol. The molecular weight excluding hydrogens is 653 g/mol. The Labute approximate surface area is 279 Å². The summed E-state index contributed by atoms with van der Waals surface area (Å²) in [4.78, 5) is 55.4. The Bertz CT molecular complexity index is 1760. The number of anilines is 2. The van der Waals surface area contributed by atoms with Crippen LogP contribution >= 0.6 is 46.3 Å². The van der Waals surface area contributed by atoms with Gasteiger partial charge < -0.3 is 20.3 Å². The van der Waals surface area contributed by atoms with E-state index in [0.717, 1.165) is 20.9 Å². The molecule has 1 aromatic heterocycles. The highest BCUT2D eigenvalue weighted by molar-refractivity contribution is 8.00. The van der Waals surface area contributed by atoms with Crippen LogP contribution in [0.3, 0.4) is 0 Å². The van der Waals surface area contributed by atoms with Gasteiger partial charge >= 0.3 is 5.97 Å². The molecule has 8 nitrogen and oxygen atoms in total. The second-order valence-electron chi connectivity index (χ2n) is 10.1. The Morgan fingerprint density at radius 2 is 1.78 bits per heavy atom. The number of ether oxygens (including phenoxy) is 1.